The maximum Gasteiger partial charge on any atom is 0.306 e. The molecule has 0 aliphatic carbocycles. The van der Waals surface area contributed by atoms with E-state index in [2.05, 4.69) is 57.2 Å². The van der Waals surface area contributed by atoms with Crippen LogP contribution >= 0.6 is 0 Å². The SMILES string of the molecule is CC\C=C/C=C\C=C/C=C\CCCCCC(=O)OC(COC(=O)CCCCC/C=C\CCCCCCCC)COC(=O)CCCCCCCCC/C=C\CCCCCC. The predicted octanol–water partition coefficient (Wildman–Crippen LogP) is 15.9. The minimum absolute atomic E-state index is 0.0987. The lowest BCUT2D eigenvalue weighted by atomic mass is 10.1. The van der Waals surface area contributed by atoms with Gasteiger partial charge in [0.2, 0.25) is 0 Å². The molecule has 0 aromatic heterocycles. The highest BCUT2D eigenvalue weighted by Gasteiger charge is 2.19. The van der Waals surface area contributed by atoms with Gasteiger partial charge in [0.1, 0.15) is 13.2 Å². The second-order valence-corrected chi connectivity index (χ2v) is 16.1. The highest BCUT2D eigenvalue weighted by molar-refractivity contribution is 5.71. The molecule has 0 amide bonds. The summed E-state index contributed by atoms with van der Waals surface area (Å²) in [5.74, 6) is -0.961. The van der Waals surface area contributed by atoms with Crippen molar-refractivity contribution in [2.45, 2.75) is 232 Å². The first-order valence-electron chi connectivity index (χ1n) is 24.5. The number of rotatable bonds is 43. The summed E-state index contributed by atoms with van der Waals surface area (Å²) in [5, 5.41) is 0. The third-order valence-corrected chi connectivity index (χ3v) is 10.3. The van der Waals surface area contributed by atoms with E-state index in [9.17, 15) is 14.4 Å². The van der Waals surface area contributed by atoms with E-state index in [4.69, 9.17) is 14.2 Å². The molecule has 0 bridgehead atoms. The average Bonchev–Trinajstić information content (AvgIpc) is 3.23. The molecule has 1 atom stereocenters. The number of carbonyl (C=O) groups excluding carboxylic acids is 3. The molecular weight excluding hydrogens is 733 g/mol. The van der Waals surface area contributed by atoms with Crippen LogP contribution in [0.3, 0.4) is 0 Å². The fraction of sp³-hybridized carbons (Fsp3) is 0.717. The van der Waals surface area contributed by atoms with Crippen LogP contribution in [0.25, 0.3) is 0 Å². The lowest BCUT2D eigenvalue weighted by Crippen LogP contribution is -2.30. The van der Waals surface area contributed by atoms with Gasteiger partial charge in [-0.2, -0.15) is 0 Å². The zero-order chi connectivity index (χ0) is 43.0. The van der Waals surface area contributed by atoms with Crippen molar-refractivity contribution in [3.05, 3.63) is 72.9 Å². The number of esters is 3. The van der Waals surface area contributed by atoms with Gasteiger partial charge in [0, 0.05) is 19.3 Å². The molecule has 0 aliphatic rings. The van der Waals surface area contributed by atoms with Crippen LogP contribution in [0, 0.1) is 0 Å². The van der Waals surface area contributed by atoms with Crippen molar-refractivity contribution in [3.63, 3.8) is 0 Å². The Labute approximate surface area is 363 Å². The maximum atomic E-state index is 12.7. The van der Waals surface area contributed by atoms with Crippen molar-refractivity contribution < 1.29 is 28.6 Å². The van der Waals surface area contributed by atoms with Crippen LogP contribution < -0.4 is 0 Å². The van der Waals surface area contributed by atoms with Crippen LogP contribution in [0.5, 0.6) is 0 Å². The molecule has 0 rings (SSSR count). The molecule has 6 heteroatoms. The smallest absolute Gasteiger partial charge is 0.306 e. The molecule has 0 aromatic carbocycles. The van der Waals surface area contributed by atoms with Gasteiger partial charge in [0.05, 0.1) is 0 Å². The van der Waals surface area contributed by atoms with Gasteiger partial charge in [-0.05, 0) is 89.9 Å². The van der Waals surface area contributed by atoms with Crippen LogP contribution in [0.15, 0.2) is 72.9 Å². The van der Waals surface area contributed by atoms with Gasteiger partial charge < -0.3 is 14.2 Å². The molecule has 1 unspecified atom stereocenters. The van der Waals surface area contributed by atoms with Crippen molar-refractivity contribution in [1.29, 1.82) is 0 Å². The Balaban J connectivity index is 4.46. The first-order chi connectivity index (χ1) is 29.0. The lowest BCUT2D eigenvalue weighted by molar-refractivity contribution is -0.167. The molecule has 0 N–H and O–H groups in total. The molecule has 59 heavy (non-hydrogen) atoms. The maximum absolute atomic E-state index is 12.7. The summed E-state index contributed by atoms with van der Waals surface area (Å²) in [7, 11) is 0. The molecule has 338 valence electrons. The van der Waals surface area contributed by atoms with Crippen molar-refractivity contribution in [3.8, 4) is 0 Å². The quantitative estimate of drug-likeness (QED) is 0.0200. The Hall–Kier alpha value is -3.15. The van der Waals surface area contributed by atoms with E-state index in [0.29, 0.717) is 19.3 Å². The number of allylic oxidation sites excluding steroid dienone is 12. The normalized spacial score (nSPS) is 12.7. The highest BCUT2D eigenvalue weighted by Crippen LogP contribution is 2.13. The van der Waals surface area contributed by atoms with Crippen LogP contribution in [0.2, 0.25) is 0 Å². The summed E-state index contributed by atoms with van der Waals surface area (Å²) >= 11 is 0. The minimum Gasteiger partial charge on any atom is -0.462 e. The van der Waals surface area contributed by atoms with Crippen LogP contribution in [-0.2, 0) is 28.6 Å². The summed E-state index contributed by atoms with van der Waals surface area (Å²) in [6.45, 7) is 6.42. The average molecular weight is 823 g/mol. The van der Waals surface area contributed by atoms with Crippen molar-refractivity contribution in [1.82, 2.24) is 0 Å². The molecule has 0 heterocycles. The molecular formula is C53H90O6. The predicted molar refractivity (Wildman–Crippen MR) is 251 cm³/mol. The van der Waals surface area contributed by atoms with Crippen molar-refractivity contribution in [2.24, 2.45) is 0 Å². The standard InChI is InChI=1S/C53H90O6/c1-4-7-10-13-16-19-22-25-26-29-31-34-37-40-43-46-52(55)58-49-50(59-53(56)47-44-41-38-35-32-28-24-21-18-15-12-9-6-3)48-57-51(54)45-42-39-36-33-30-27-23-20-17-14-11-8-5-2/h9,12,15,18-19,21-22,24,27-28,30,32,50H,4-8,10-11,13-14,16-17,20,23,25-26,29,31,33-49H2,1-3H3/b12-9-,18-15-,22-19-,24-21-,30-27-,32-28-. The van der Waals surface area contributed by atoms with E-state index in [0.717, 1.165) is 77.0 Å². The fourth-order valence-corrected chi connectivity index (χ4v) is 6.56. The summed E-state index contributed by atoms with van der Waals surface area (Å²) in [5.41, 5.74) is 0. The van der Waals surface area contributed by atoms with Gasteiger partial charge in [-0.3, -0.25) is 14.4 Å². The lowest BCUT2D eigenvalue weighted by Gasteiger charge is -2.18. The summed E-state index contributed by atoms with van der Waals surface area (Å²) in [6, 6.07) is 0. The zero-order valence-electron chi connectivity index (χ0n) is 38.5. The van der Waals surface area contributed by atoms with E-state index in [1.807, 2.05) is 36.5 Å². The third kappa shape index (κ3) is 45.8. The second kappa shape index (κ2) is 47.5. The van der Waals surface area contributed by atoms with Gasteiger partial charge in [0.25, 0.3) is 0 Å². The Kier molecular flexibility index (Phi) is 45.0. The first-order valence-corrected chi connectivity index (χ1v) is 24.5. The molecule has 0 aromatic rings. The van der Waals surface area contributed by atoms with E-state index < -0.39 is 6.10 Å². The number of unbranched alkanes of at least 4 members (excludes halogenated alkanes) is 23. The summed E-state index contributed by atoms with van der Waals surface area (Å²) in [4.78, 5) is 37.8. The summed E-state index contributed by atoms with van der Waals surface area (Å²) in [6.07, 6.45) is 58.8. The van der Waals surface area contributed by atoms with Crippen LogP contribution in [-0.4, -0.2) is 37.2 Å². The zero-order valence-corrected chi connectivity index (χ0v) is 38.5. The molecule has 0 fully saturated rings. The first kappa shape index (κ1) is 55.9. The molecule has 6 nitrogen and oxygen atoms in total. The highest BCUT2D eigenvalue weighted by atomic mass is 16.6. The number of hydrogen-bond acceptors (Lipinski definition) is 6. The Bertz CT molecular complexity index is 1130. The van der Waals surface area contributed by atoms with Crippen molar-refractivity contribution >= 4 is 17.9 Å². The number of hydrogen-bond donors (Lipinski definition) is 0. The van der Waals surface area contributed by atoms with E-state index in [-0.39, 0.29) is 37.5 Å². The third-order valence-electron chi connectivity index (χ3n) is 10.3. The Morgan fingerprint density at radius 3 is 1.12 bits per heavy atom. The van der Waals surface area contributed by atoms with Crippen LogP contribution in [0.1, 0.15) is 226 Å². The van der Waals surface area contributed by atoms with Gasteiger partial charge in [-0.1, -0.05) is 190 Å². The number of ether oxygens (including phenoxy) is 3. The minimum atomic E-state index is -0.802. The molecule has 0 saturated carbocycles. The number of carbonyl (C=O) groups is 3. The van der Waals surface area contributed by atoms with Gasteiger partial charge in [-0.25, -0.2) is 0 Å². The van der Waals surface area contributed by atoms with Crippen molar-refractivity contribution in [2.75, 3.05) is 13.2 Å². The largest absolute Gasteiger partial charge is 0.462 e. The van der Waals surface area contributed by atoms with E-state index >= 15 is 0 Å². The van der Waals surface area contributed by atoms with Gasteiger partial charge in [0.15, 0.2) is 6.10 Å². The second-order valence-electron chi connectivity index (χ2n) is 16.1. The van der Waals surface area contributed by atoms with Crippen LogP contribution in [0.4, 0.5) is 0 Å². The Morgan fingerprint density at radius 1 is 0.356 bits per heavy atom. The summed E-state index contributed by atoms with van der Waals surface area (Å²) < 4.78 is 16.7. The molecule has 0 aliphatic heterocycles. The van der Waals surface area contributed by atoms with E-state index in [1.165, 1.54) is 103 Å². The monoisotopic (exact) mass is 823 g/mol. The van der Waals surface area contributed by atoms with E-state index in [1.54, 1.807) is 0 Å². The van der Waals surface area contributed by atoms with Gasteiger partial charge >= 0.3 is 17.9 Å². The fourth-order valence-electron chi connectivity index (χ4n) is 6.56. The molecule has 0 radical (unpaired) electrons. The van der Waals surface area contributed by atoms with Gasteiger partial charge in [-0.15, -0.1) is 0 Å². The topological polar surface area (TPSA) is 78.9 Å². The Morgan fingerprint density at radius 2 is 0.678 bits per heavy atom. The molecule has 0 spiro atoms. The molecule has 0 saturated heterocycles.